The van der Waals surface area contributed by atoms with Gasteiger partial charge in [0.2, 0.25) is 5.95 Å². The number of aryl methyl sites for hydroxylation is 1. The predicted octanol–water partition coefficient (Wildman–Crippen LogP) is 4.27. The number of amides is 1. The number of hydrogen-bond acceptors (Lipinski definition) is 7. The minimum absolute atomic E-state index is 0.212. The molecule has 0 radical (unpaired) electrons. The van der Waals surface area contributed by atoms with Crippen molar-refractivity contribution in [1.82, 2.24) is 19.9 Å². The summed E-state index contributed by atoms with van der Waals surface area (Å²) in [6.07, 6.45) is 2.64. The van der Waals surface area contributed by atoms with Crippen molar-refractivity contribution in [2.75, 3.05) is 28.6 Å². The Morgan fingerprint density at radius 2 is 1.97 bits per heavy atom. The molecular weight excluding hydrogens is 421 g/mol. The second-order valence-electron chi connectivity index (χ2n) is 7.93. The quantitative estimate of drug-likeness (QED) is 0.475. The fourth-order valence-corrected chi connectivity index (χ4v) is 3.74. The number of para-hydroxylation sites is 1. The van der Waals surface area contributed by atoms with Crippen molar-refractivity contribution in [3.63, 3.8) is 0 Å². The minimum atomic E-state index is -0.874. The average molecular weight is 443 g/mol. The molecule has 2 aromatic carbocycles. The third-order valence-electron chi connectivity index (χ3n) is 5.56. The van der Waals surface area contributed by atoms with Crippen LogP contribution >= 0.6 is 0 Å². The Morgan fingerprint density at radius 1 is 1.12 bits per heavy atom. The number of anilines is 4. The molecule has 9 heteroatoms. The molecule has 166 valence electrons. The van der Waals surface area contributed by atoms with Crippen LogP contribution in [0.25, 0.3) is 11.0 Å². The largest absolute Gasteiger partial charge is 0.338 e. The van der Waals surface area contributed by atoms with Crippen LogP contribution in [0.4, 0.5) is 27.5 Å². The van der Waals surface area contributed by atoms with E-state index in [1.54, 1.807) is 18.3 Å². The summed E-state index contributed by atoms with van der Waals surface area (Å²) in [7, 11) is 0. The topological polar surface area (TPSA) is 95.9 Å². The van der Waals surface area contributed by atoms with Crippen molar-refractivity contribution in [2.24, 2.45) is 0 Å². The van der Waals surface area contributed by atoms with Gasteiger partial charge in [-0.25, -0.2) is 24.3 Å². The number of nitrogens with zero attached hydrogens (tertiary/aromatic N) is 5. The van der Waals surface area contributed by atoms with Crippen molar-refractivity contribution in [3.05, 3.63) is 72.2 Å². The normalized spacial score (nSPS) is 15.6. The fourth-order valence-electron chi connectivity index (χ4n) is 3.74. The van der Waals surface area contributed by atoms with Gasteiger partial charge in [-0.15, -0.1) is 0 Å². The Labute approximate surface area is 189 Å². The maximum Gasteiger partial charge on any atom is 0.255 e. The zero-order chi connectivity index (χ0) is 22.8. The Hall–Kier alpha value is -4.14. The summed E-state index contributed by atoms with van der Waals surface area (Å²) in [6, 6.07) is 14.7. The molecule has 1 aliphatic rings. The van der Waals surface area contributed by atoms with Gasteiger partial charge in [0.1, 0.15) is 23.5 Å². The maximum absolute atomic E-state index is 13.7. The van der Waals surface area contributed by atoms with E-state index in [9.17, 15) is 9.18 Å². The van der Waals surface area contributed by atoms with Gasteiger partial charge in [0, 0.05) is 23.5 Å². The van der Waals surface area contributed by atoms with Crippen LogP contribution in [-0.4, -0.2) is 45.1 Å². The van der Waals surface area contributed by atoms with Gasteiger partial charge in [0.25, 0.3) is 5.91 Å². The Morgan fingerprint density at radius 3 is 2.76 bits per heavy atom. The second kappa shape index (κ2) is 8.78. The van der Waals surface area contributed by atoms with E-state index in [1.165, 1.54) is 6.33 Å². The number of hydrogen-bond donors (Lipinski definition) is 2. The van der Waals surface area contributed by atoms with Crippen LogP contribution in [0.3, 0.4) is 0 Å². The zero-order valence-electron chi connectivity index (χ0n) is 18.0. The van der Waals surface area contributed by atoms with E-state index in [-0.39, 0.29) is 12.5 Å². The summed E-state index contributed by atoms with van der Waals surface area (Å²) >= 11 is 0. The summed E-state index contributed by atoms with van der Waals surface area (Å²) < 4.78 is 13.7. The van der Waals surface area contributed by atoms with Crippen LogP contribution < -0.4 is 15.5 Å². The molecule has 0 spiro atoms. The summed E-state index contributed by atoms with van der Waals surface area (Å²) in [5.41, 5.74) is 3.99. The number of benzene rings is 2. The van der Waals surface area contributed by atoms with E-state index in [4.69, 9.17) is 0 Å². The molecular formula is C24H22FN7O. The molecule has 3 heterocycles. The van der Waals surface area contributed by atoms with E-state index >= 15 is 0 Å². The fraction of sp³-hybridized carbons (Fsp3) is 0.208. The number of fused-ring (bicyclic) bond motifs is 1. The SMILES string of the molecule is Cc1ccc(C(=O)Nc2ccccc2)cc1Nc1ncnc2cnc(N3CC[C@@H](F)C3)nc12. The molecule has 0 saturated carbocycles. The lowest BCUT2D eigenvalue weighted by Crippen LogP contribution is -2.22. The number of carbonyl (C=O) groups is 1. The van der Waals surface area contributed by atoms with Gasteiger partial charge in [-0.05, 0) is 43.2 Å². The highest BCUT2D eigenvalue weighted by Gasteiger charge is 2.24. The second-order valence-corrected chi connectivity index (χ2v) is 7.93. The first-order valence-electron chi connectivity index (χ1n) is 10.7. The summed E-state index contributed by atoms with van der Waals surface area (Å²) in [5.74, 6) is 0.729. The van der Waals surface area contributed by atoms with Gasteiger partial charge < -0.3 is 15.5 Å². The number of carbonyl (C=O) groups excluding carboxylic acids is 1. The number of alkyl halides is 1. The Balaban J connectivity index is 1.44. The van der Waals surface area contributed by atoms with Crippen LogP contribution in [0.1, 0.15) is 22.3 Å². The smallest absolute Gasteiger partial charge is 0.255 e. The number of aromatic nitrogens is 4. The third-order valence-corrected chi connectivity index (χ3v) is 5.56. The molecule has 1 saturated heterocycles. The first-order valence-corrected chi connectivity index (χ1v) is 10.7. The van der Waals surface area contributed by atoms with Crippen LogP contribution in [0.2, 0.25) is 0 Å². The maximum atomic E-state index is 13.7. The monoisotopic (exact) mass is 443 g/mol. The van der Waals surface area contributed by atoms with E-state index in [0.29, 0.717) is 41.3 Å². The minimum Gasteiger partial charge on any atom is -0.338 e. The molecule has 8 nitrogen and oxygen atoms in total. The van der Waals surface area contributed by atoms with Gasteiger partial charge in [-0.3, -0.25) is 4.79 Å². The van der Waals surface area contributed by atoms with Crippen LogP contribution in [0.5, 0.6) is 0 Å². The standard InChI is InChI=1S/C24H22FN7O/c1-15-7-8-16(23(33)29-18-5-3-2-4-6-18)11-19(15)30-22-21-20(27-14-28-22)12-26-24(31-21)32-10-9-17(25)13-32/h2-8,11-12,14,17H,9-10,13H2,1H3,(H,29,33)(H,27,28,30)/t17-/m1/s1. The summed E-state index contributed by atoms with van der Waals surface area (Å²) in [6.45, 7) is 2.79. The van der Waals surface area contributed by atoms with Crippen LogP contribution in [-0.2, 0) is 0 Å². The van der Waals surface area contributed by atoms with Crippen molar-refractivity contribution in [3.8, 4) is 0 Å². The van der Waals surface area contributed by atoms with Crippen molar-refractivity contribution >= 4 is 40.1 Å². The van der Waals surface area contributed by atoms with Gasteiger partial charge in [0.15, 0.2) is 5.82 Å². The lowest BCUT2D eigenvalue weighted by atomic mass is 10.1. The first-order chi connectivity index (χ1) is 16.1. The van der Waals surface area contributed by atoms with Crippen LogP contribution in [0.15, 0.2) is 61.1 Å². The lowest BCUT2D eigenvalue weighted by molar-refractivity contribution is 0.102. The molecule has 5 rings (SSSR count). The highest BCUT2D eigenvalue weighted by molar-refractivity contribution is 6.05. The number of nitrogens with one attached hydrogen (secondary N) is 2. The molecule has 1 atom stereocenters. The van der Waals surface area contributed by atoms with E-state index in [0.717, 1.165) is 16.9 Å². The van der Waals surface area contributed by atoms with Crippen molar-refractivity contribution < 1.29 is 9.18 Å². The summed E-state index contributed by atoms with van der Waals surface area (Å²) in [4.78, 5) is 32.1. The van der Waals surface area contributed by atoms with Gasteiger partial charge >= 0.3 is 0 Å². The van der Waals surface area contributed by atoms with E-state index < -0.39 is 6.17 Å². The van der Waals surface area contributed by atoms with Crippen molar-refractivity contribution in [1.29, 1.82) is 0 Å². The number of halogens is 1. The Bertz CT molecular complexity index is 1310. The third kappa shape index (κ3) is 4.43. The van der Waals surface area contributed by atoms with Crippen molar-refractivity contribution in [2.45, 2.75) is 19.5 Å². The van der Waals surface area contributed by atoms with Crippen LogP contribution in [0, 0.1) is 6.92 Å². The van der Waals surface area contributed by atoms with Gasteiger partial charge in [-0.1, -0.05) is 24.3 Å². The molecule has 4 aromatic rings. The Kier molecular flexibility index (Phi) is 5.52. The average Bonchev–Trinajstić information content (AvgIpc) is 3.27. The molecule has 0 unspecified atom stereocenters. The molecule has 2 N–H and O–H groups in total. The number of rotatable bonds is 5. The molecule has 0 bridgehead atoms. The van der Waals surface area contributed by atoms with Gasteiger partial charge in [-0.2, -0.15) is 0 Å². The molecule has 1 fully saturated rings. The summed E-state index contributed by atoms with van der Waals surface area (Å²) in [5, 5.41) is 6.18. The predicted molar refractivity (Wildman–Crippen MR) is 126 cm³/mol. The molecule has 1 aliphatic heterocycles. The highest BCUT2D eigenvalue weighted by Crippen LogP contribution is 2.27. The molecule has 0 aliphatic carbocycles. The molecule has 1 amide bonds. The lowest BCUT2D eigenvalue weighted by Gasteiger charge is -2.16. The highest BCUT2D eigenvalue weighted by atomic mass is 19.1. The van der Waals surface area contributed by atoms with Gasteiger partial charge in [0.05, 0.1) is 12.7 Å². The zero-order valence-corrected chi connectivity index (χ0v) is 18.0. The first kappa shape index (κ1) is 20.7. The molecule has 33 heavy (non-hydrogen) atoms. The molecule has 2 aromatic heterocycles. The van der Waals surface area contributed by atoms with E-state index in [1.807, 2.05) is 48.2 Å². The van der Waals surface area contributed by atoms with E-state index in [2.05, 4.69) is 30.6 Å².